The number of esters is 1. The molecule has 19 heavy (non-hydrogen) atoms. The third kappa shape index (κ3) is 3.54. The number of aromatic nitrogens is 1. The van der Waals surface area contributed by atoms with E-state index in [2.05, 4.69) is 22.4 Å². The van der Waals surface area contributed by atoms with Crippen LogP contribution in [-0.4, -0.2) is 24.6 Å². The van der Waals surface area contributed by atoms with Crippen molar-refractivity contribution >= 4 is 22.4 Å². The molecular formula is C14H16N2O2S. The van der Waals surface area contributed by atoms with E-state index >= 15 is 0 Å². The second-order valence-corrected chi connectivity index (χ2v) is 5.09. The molecule has 100 valence electrons. The van der Waals surface area contributed by atoms with Crippen molar-refractivity contribution in [3.05, 3.63) is 46.5 Å². The second kappa shape index (κ2) is 6.33. The zero-order valence-electron chi connectivity index (χ0n) is 11.0. The summed E-state index contributed by atoms with van der Waals surface area (Å²) >= 11 is 1.33. The molecule has 1 aromatic carbocycles. The van der Waals surface area contributed by atoms with Crippen molar-refractivity contribution in [1.82, 2.24) is 4.98 Å². The van der Waals surface area contributed by atoms with Crippen LogP contribution in [0.5, 0.6) is 0 Å². The van der Waals surface area contributed by atoms with Crippen LogP contribution >= 0.6 is 11.3 Å². The average Bonchev–Trinajstić information content (AvgIpc) is 2.80. The molecule has 0 atom stereocenters. The van der Waals surface area contributed by atoms with Crippen LogP contribution in [0.3, 0.4) is 0 Å². The number of ether oxygens (including phenoxy) is 1. The minimum atomic E-state index is -0.328. The molecule has 1 heterocycles. The topological polar surface area (TPSA) is 51.2 Å². The normalized spacial score (nSPS) is 10.2. The van der Waals surface area contributed by atoms with Gasteiger partial charge in [-0.2, -0.15) is 0 Å². The van der Waals surface area contributed by atoms with Crippen molar-refractivity contribution in [3.63, 3.8) is 0 Å². The highest BCUT2D eigenvalue weighted by Crippen LogP contribution is 2.23. The Bertz CT molecular complexity index is 552. The van der Waals surface area contributed by atoms with E-state index in [1.54, 1.807) is 0 Å². The smallest absolute Gasteiger partial charge is 0.350 e. The summed E-state index contributed by atoms with van der Waals surface area (Å²) in [5, 5.41) is 3.99. The third-order valence-corrected chi connectivity index (χ3v) is 3.80. The van der Waals surface area contributed by atoms with Gasteiger partial charge in [0, 0.05) is 6.54 Å². The maximum absolute atomic E-state index is 11.5. The summed E-state index contributed by atoms with van der Waals surface area (Å²) in [7, 11) is 1.38. The lowest BCUT2D eigenvalue weighted by Gasteiger charge is -2.02. The molecule has 0 saturated heterocycles. The SMILES string of the molecule is COC(=O)c1sc(NCCc2ccccc2)nc1C. The van der Waals surface area contributed by atoms with Crippen molar-refractivity contribution in [1.29, 1.82) is 0 Å². The summed E-state index contributed by atoms with van der Waals surface area (Å²) in [6.07, 6.45) is 0.924. The van der Waals surface area contributed by atoms with Crippen molar-refractivity contribution in [2.75, 3.05) is 19.0 Å². The van der Waals surface area contributed by atoms with Crippen LogP contribution in [0.1, 0.15) is 20.9 Å². The van der Waals surface area contributed by atoms with E-state index in [1.165, 1.54) is 24.0 Å². The van der Waals surface area contributed by atoms with Crippen LogP contribution in [0, 0.1) is 6.92 Å². The molecule has 0 unspecified atom stereocenters. The Morgan fingerprint density at radius 1 is 1.37 bits per heavy atom. The van der Waals surface area contributed by atoms with Gasteiger partial charge in [0.15, 0.2) is 5.13 Å². The van der Waals surface area contributed by atoms with E-state index in [0.717, 1.165) is 18.1 Å². The molecule has 1 aromatic heterocycles. The molecule has 0 saturated carbocycles. The fourth-order valence-electron chi connectivity index (χ4n) is 1.71. The summed E-state index contributed by atoms with van der Waals surface area (Å²) in [5.41, 5.74) is 1.98. The Kier molecular flexibility index (Phi) is 4.52. The van der Waals surface area contributed by atoms with Gasteiger partial charge in [0.25, 0.3) is 0 Å². The first kappa shape index (κ1) is 13.5. The molecule has 0 amide bonds. The Morgan fingerprint density at radius 3 is 2.79 bits per heavy atom. The molecule has 4 nitrogen and oxygen atoms in total. The number of anilines is 1. The Balaban J connectivity index is 1.92. The average molecular weight is 276 g/mol. The predicted octanol–water partition coefficient (Wildman–Crippen LogP) is 2.89. The van der Waals surface area contributed by atoms with Gasteiger partial charge in [-0.15, -0.1) is 0 Å². The van der Waals surface area contributed by atoms with E-state index in [4.69, 9.17) is 4.74 Å². The third-order valence-electron chi connectivity index (χ3n) is 2.70. The number of hydrogen-bond donors (Lipinski definition) is 1. The molecule has 0 fully saturated rings. The Labute approximate surface area is 116 Å². The highest BCUT2D eigenvalue weighted by molar-refractivity contribution is 7.17. The predicted molar refractivity (Wildman–Crippen MR) is 76.8 cm³/mol. The summed E-state index contributed by atoms with van der Waals surface area (Å²) in [5.74, 6) is -0.328. The first-order chi connectivity index (χ1) is 9.20. The number of benzene rings is 1. The molecule has 1 N–H and O–H groups in total. The number of nitrogens with zero attached hydrogens (tertiary/aromatic N) is 1. The summed E-state index contributed by atoms with van der Waals surface area (Å²) in [6, 6.07) is 10.2. The van der Waals surface area contributed by atoms with Gasteiger partial charge in [-0.25, -0.2) is 9.78 Å². The minimum Gasteiger partial charge on any atom is -0.465 e. The van der Waals surface area contributed by atoms with Crippen molar-refractivity contribution in [2.45, 2.75) is 13.3 Å². The molecule has 2 aromatic rings. The van der Waals surface area contributed by atoms with Gasteiger partial charge in [-0.05, 0) is 18.9 Å². The van der Waals surface area contributed by atoms with Gasteiger partial charge in [0.05, 0.1) is 12.8 Å². The van der Waals surface area contributed by atoms with E-state index in [0.29, 0.717) is 10.6 Å². The lowest BCUT2D eigenvalue weighted by atomic mass is 10.2. The van der Waals surface area contributed by atoms with Gasteiger partial charge in [-0.1, -0.05) is 41.7 Å². The van der Waals surface area contributed by atoms with Crippen LogP contribution in [0.2, 0.25) is 0 Å². The van der Waals surface area contributed by atoms with Gasteiger partial charge in [0.1, 0.15) is 4.88 Å². The van der Waals surface area contributed by atoms with E-state index < -0.39 is 0 Å². The fraction of sp³-hybridized carbons (Fsp3) is 0.286. The Hall–Kier alpha value is -1.88. The van der Waals surface area contributed by atoms with E-state index in [-0.39, 0.29) is 5.97 Å². The molecule has 0 radical (unpaired) electrons. The van der Waals surface area contributed by atoms with Crippen LogP contribution in [0.25, 0.3) is 0 Å². The first-order valence-corrected chi connectivity index (χ1v) is 6.86. The summed E-state index contributed by atoms with van der Waals surface area (Å²) in [4.78, 5) is 16.3. The highest BCUT2D eigenvalue weighted by atomic mass is 32.1. The zero-order valence-corrected chi connectivity index (χ0v) is 11.8. The standard InChI is InChI=1S/C14H16N2O2S/c1-10-12(13(17)18-2)19-14(16-10)15-9-8-11-6-4-3-5-7-11/h3-7H,8-9H2,1-2H3,(H,15,16). The maximum atomic E-state index is 11.5. The number of thiazole rings is 1. The number of hydrogen-bond acceptors (Lipinski definition) is 5. The molecule has 0 aliphatic heterocycles. The molecule has 0 spiro atoms. The van der Waals surface area contributed by atoms with Crippen molar-refractivity contribution in [3.8, 4) is 0 Å². The summed E-state index contributed by atoms with van der Waals surface area (Å²) < 4.78 is 4.71. The van der Waals surface area contributed by atoms with Gasteiger partial charge < -0.3 is 10.1 Å². The van der Waals surface area contributed by atoms with E-state index in [9.17, 15) is 4.79 Å². The number of carbonyl (C=O) groups excluding carboxylic acids is 1. The molecule has 0 bridgehead atoms. The summed E-state index contributed by atoms with van der Waals surface area (Å²) in [6.45, 7) is 2.60. The van der Waals surface area contributed by atoms with Crippen LogP contribution in [0.4, 0.5) is 5.13 Å². The Morgan fingerprint density at radius 2 is 2.11 bits per heavy atom. The maximum Gasteiger partial charge on any atom is 0.350 e. The molecule has 0 aliphatic rings. The molecule has 0 aliphatic carbocycles. The van der Waals surface area contributed by atoms with Gasteiger partial charge in [-0.3, -0.25) is 0 Å². The lowest BCUT2D eigenvalue weighted by Crippen LogP contribution is -2.04. The van der Waals surface area contributed by atoms with Crippen LogP contribution in [-0.2, 0) is 11.2 Å². The minimum absolute atomic E-state index is 0.328. The first-order valence-electron chi connectivity index (χ1n) is 6.04. The second-order valence-electron chi connectivity index (χ2n) is 4.09. The highest BCUT2D eigenvalue weighted by Gasteiger charge is 2.15. The largest absolute Gasteiger partial charge is 0.465 e. The number of carbonyl (C=O) groups is 1. The number of methoxy groups -OCH3 is 1. The van der Waals surface area contributed by atoms with Gasteiger partial charge >= 0.3 is 5.97 Å². The van der Waals surface area contributed by atoms with Crippen LogP contribution < -0.4 is 5.32 Å². The number of aryl methyl sites for hydroxylation is 1. The number of nitrogens with one attached hydrogen (secondary N) is 1. The van der Waals surface area contributed by atoms with E-state index in [1.807, 2.05) is 25.1 Å². The van der Waals surface area contributed by atoms with Crippen LogP contribution in [0.15, 0.2) is 30.3 Å². The monoisotopic (exact) mass is 276 g/mol. The molecular weight excluding hydrogens is 260 g/mol. The lowest BCUT2D eigenvalue weighted by molar-refractivity contribution is 0.0605. The molecule has 5 heteroatoms. The van der Waals surface area contributed by atoms with Crippen molar-refractivity contribution in [2.24, 2.45) is 0 Å². The quantitative estimate of drug-likeness (QED) is 0.853. The fourth-order valence-corrected chi connectivity index (χ4v) is 2.62. The molecule has 2 rings (SSSR count). The zero-order chi connectivity index (χ0) is 13.7. The van der Waals surface area contributed by atoms with Gasteiger partial charge in [0.2, 0.25) is 0 Å². The number of rotatable bonds is 5. The van der Waals surface area contributed by atoms with Crippen molar-refractivity contribution < 1.29 is 9.53 Å².